The van der Waals surface area contributed by atoms with Crippen LogP contribution in [0.4, 0.5) is 5.69 Å². The highest BCUT2D eigenvalue weighted by molar-refractivity contribution is 9.10. The van der Waals surface area contributed by atoms with Crippen molar-refractivity contribution in [2.75, 3.05) is 11.9 Å². The molecule has 1 aromatic rings. The van der Waals surface area contributed by atoms with Gasteiger partial charge in [0.25, 0.3) is 0 Å². The molecule has 0 aromatic heterocycles. The molecule has 1 heterocycles. The highest BCUT2D eigenvalue weighted by Gasteiger charge is 2.47. The molecule has 1 aromatic carbocycles. The molecular formula is C14H14BrNO3. The van der Waals surface area contributed by atoms with E-state index in [2.05, 4.69) is 21.2 Å². The van der Waals surface area contributed by atoms with E-state index >= 15 is 0 Å². The van der Waals surface area contributed by atoms with Gasteiger partial charge in [0.1, 0.15) is 5.78 Å². The van der Waals surface area contributed by atoms with Crippen molar-refractivity contribution >= 4 is 33.4 Å². The molecule has 1 saturated carbocycles. The summed E-state index contributed by atoms with van der Waals surface area (Å²) in [6.07, 6.45) is 3.46. The fourth-order valence-electron chi connectivity index (χ4n) is 3.23. The maximum absolute atomic E-state index is 12.4. The van der Waals surface area contributed by atoms with Gasteiger partial charge in [0, 0.05) is 28.7 Å². The SMILES string of the molecule is O=C(O)c1cc(Br)c2c(c1)NCC21CCCCC1=O. The highest BCUT2D eigenvalue weighted by atomic mass is 79.9. The van der Waals surface area contributed by atoms with Crippen molar-refractivity contribution in [2.45, 2.75) is 31.1 Å². The lowest BCUT2D eigenvalue weighted by Gasteiger charge is -2.32. The number of benzene rings is 1. The van der Waals surface area contributed by atoms with E-state index in [0.717, 1.165) is 35.0 Å². The normalized spacial score (nSPS) is 25.2. The third-order valence-corrected chi connectivity index (χ3v) is 4.81. The molecule has 5 heteroatoms. The standard InChI is InChI=1S/C14H14BrNO3/c15-9-5-8(13(18)19)6-10-12(9)14(7-16-10)4-2-1-3-11(14)17/h5-6,16H,1-4,7H2,(H,18,19). The number of Topliss-reactive ketones (excluding diaryl/α,β-unsaturated/α-hetero) is 1. The summed E-state index contributed by atoms with van der Waals surface area (Å²) >= 11 is 3.45. The molecule has 4 nitrogen and oxygen atoms in total. The van der Waals surface area contributed by atoms with E-state index in [4.69, 9.17) is 5.11 Å². The van der Waals surface area contributed by atoms with Crippen LogP contribution in [-0.4, -0.2) is 23.4 Å². The summed E-state index contributed by atoms with van der Waals surface area (Å²) in [4.78, 5) is 23.4. The van der Waals surface area contributed by atoms with E-state index in [1.807, 2.05) is 0 Å². The number of anilines is 1. The van der Waals surface area contributed by atoms with E-state index in [-0.39, 0.29) is 11.3 Å². The number of fused-ring (bicyclic) bond motifs is 2. The van der Waals surface area contributed by atoms with Crippen molar-refractivity contribution in [3.05, 3.63) is 27.7 Å². The van der Waals surface area contributed by atoms with Crippen molar-refractivity contribution in [1.29, 1.82) is 0 Å². The van der Waals surface area contributed by atoms with Crippen LogP contribution in [0.1, 0.15) is 41.6 Å². The van der Waals surface area contributed by atoms with Gasteiger partial charge in [-0.05, 0) is 25.0 Å². The molecule has 1 aliphatic carbocycles. The van der Waals surface area contributed by atoms with Gasteiger partial charge in [-0.1, -0.05) is 22.4 Å². The first-order valence-corrected chi connectivity index (χ1v) is 7.18. The molecule has 100 valence electrons. The second-order valence-electron chi connectivity index (χ2n) is 5.25. The van der Waals surface area contributed by atoms with Gasteiger partial charge in [-0.25, -0.2) is 4.79 Å². The Morgan fingerprint density at radius 2 is 2.16 bits per heavy atom. The zero-order valence-electron chi connectivity index (χ0n) is 10.3. The summed E-state index contributed by atoms with van der Waals surface area (Å²) in [5.41, 5.74) is 1.51. The topological polar surface area (TPSA) is 66.4 Å². The molecule has 0 radical (unpaired) electrons. The van der Waals surface area contributed by atoms with Crippen molar-refractivity contribution < 1.29 is 14.7 Å². The Morgan fingerprint density at radius 3 is 2.84 bits per heavy atom. The number of halogens is 1. The molecule has 2 aliphatic rings. The van der Waals surface area contributed by atoms with Crippen LogP contribution in [-0.2, 0) is 10.2 Å². The predicted octanol–water partition coefficient (Wildman–Crippen LogP) is 2.95. The molecule has 1 aliphatic heterocycles. The van der Waals surface area contributed by atoms with Crippen LogP contribution >= 0.6 is 15.9 Å². The summed E-state index contributed by atoms with van der Waals surface area (Å²) in [6.45, 7) is 0.586. The molecular weight excluding hydrogens is 310 g/mol. The summed E-state index contributed by atoms with van der Waals surface area (Å²) in [7, 11) is 0. The minimum Gasteiger partial charge on any atom is -0.478 e. The van der Waals surface area contributed by atoms with Gasteiger partial charge in [-0.15, -0.1) is 0 Å². The van der Waals surface area contributed by atoms with E-state index in [1.165, 1.54) is 0 Å². The third-order valence-electron chi connectivity index (χ3n) is 4.19. The van der Waals surface area contributed by atoms with Crippen molar-refractivity contribution in [1.82, 2.24) is 0 Å². The molecule has 1 atom stereocenters. The minimum absolute atomic E-state index is 0.235. The number of carboxylic acids is 1. The summed E-state index contributed by atoms with van der Waals surface area (Å²) in [5.74, 6) is -0.685. The Bertz CT molecular complexity index is 584. The van der Waals surface area contributed by atoms with Crippen LogP contribution < -0.4 is 5.32 Å². The average Bonchev–Trinajstić information content (AvgIpc) is 2.74. The zero-order chi connectivity index (χ0) is 13.6. The van der Waals surface area contributed by atoms with Crippen LogP contribution in [0.2, 0.25) is 0 Å². The van der Waals surface area contributed by atoms with Crippen molar-refractivity contribution in [2.24, 2.45) is 0 Å². The zero-order valence-corrected chi connectivity index (χ0v) is 11.9. The Balaban J connectivity index is 2.15. The third kappa shape index (κ3) is 1.79. The highest BCUT2D eigenvalue weighted by Crippen LogP contribution is 2.48. The second-order valence-corrected chi connectivity index (χ2v) is 6.11. The number of hydrogen-bond acceptors (Lipinski definition) is 3. The lowest BCUT2D eigenvalue weighted by Crippen LogP contribution is -2.40. The van der Waals surface area contributed by atoms with E-state index in [9.17, 15) is 9.59 Å². The molecule has 19 heavy (non-hydrogen) atoms. The maximum atomic E-state index is 12.4. The van der Waals surface area contributed by atoms with Gasteiger partial charge in [-0.2, -0.15) is 0 Å². The van der Waals surface area contributed by atoms with E-state index < -0.39 is 11.4 Å². The van der Waals surface area contributed by atoms with Crippen molar-refractivity contribution in [3.8, 4) is 0 Å². The molecule has 1 spiro atoms. The van der Waals surface area contributed by atoms with Crippen LogP contribution in [0, 0.1) is 0 Å². The van der Waals surface area contributed by atoms with E-state index in [0.29, 0.717) is 13.0 Å². The van der Waals surface area contributed by atoms with Gasteiger partial charge in [0.2, 0.25) is 0 Å². The predicted molar refractivity (Wildman–Crippen MR) is 74.7 cm³/mol. The molecule has 0 saturated heterocycles. The maximum Gasteiger partial charge on any atom is 0.335 e. The summed E-state index contributed by atoms with van der Waals surface area (Å²) in [5, 5.41) is 12.3. The number of nitrogens with one attached hydrogen (secondary N) is 1. The fourth-order valence-corrected chi connectivity index (χ4v) is 4.07. The number of aromatic carboxylic acids is 1. The Labute approximate surface area is 119 Å². The first-order chi connectivity index (χ1) is 9.04. The minimum atomic E-state index is -0.957. The van der Waals surface area contributed by atoms with Crippen LogP contribution in [0.15, 0.2) is 16.6 Å². The van der Waals surface area contributed by atoms with Gasteiger partial charge in [0.05, 0.1) is 11.0 Å². The molecule has 1 fully saturated rings. The summed E-state index contributed by atoms with van der Waals surface area (Å²) in [6, 6.07) is 3.22. The van der Waals surface area contributed by atoms with Crippen molar-refractivity contribution in [3.63, 3.8) is 0 Å². The monoisotopic (exact) mass is 323 g/mol. The van der Waals surface area contributed by atoms with Gasteiger partial charge in [-0.3, -0.25) is 4.79 Å². The Hall–Kier alpha value is -1.36. The van der Waals surface area contributed by atoms with E-state index in [1.54, 1.807) is 12.1 Å². The molecule has 0 amide bonds. The lowest BCUT2D eigenvalue weighted by atomic mass is 9.69. The molecule has 0 bridgehead atoms. The number of carbonyl (C=O) groups is 2. The molecule has 3 rings (SSSR count). The Kier molecular flexibility index (Phi) is 2.89. The average molecular weight is 324 g/mol. The number of ketones is 1. The number of carbonyl (C=O) groups excluding carboxylic acids is 1. The van der Waals surface area contributed by atoms with Crippen LogP contribution in [0.25, 0.3) is 0 Å². The van der Waals surface area contributed by atoms with Crippen LogP contribution in [0.3, 0.4) is 0 Å². The quantitative estimate of drug-likeness (QED) is 0.833. The molecule has 2 N–H and O–H groups in total. The fraction of sp³-hybridized carbons (Fsp3) is 0.429. The molecule has 1 unspecified atom stereocenters. The lowest BCUT2D eigenvalue weighted by molar-refractivity contribution is -0.125. The number of rotatable bonds is 1. The van der Waals surface area contributed by atoms with Crippen LogP contribution in [0.5, 0.6) is 0 Å². The Morgan fingerprint density at radius 1 is 1.37 bits per heavy atom. The number of carboxylic acid groups (broad SMARTS) is 1. The smallest absolute Gasteiger partial charge is 0.335 e. The summed E-state index contributed by atoms with van der Waals surface area (Å²) < 4.78 is 0.725. The first kappa shape index (κ1) is 12.7. The van der Waals surface area contributed by atoms with Gasteiger partial charge < -0.3 is 10.4 Å². The largest absolute Gasteiger partial charge is 0.478 e. The van der Waals surface area contributed by atoms with Gasteiger partial charge >= 0.3 is 5.97 Å². The van der Waals surface area contributed by atoms with Gasteiger partial charge in [0.15, 0.2) is 0 Å². The number of hydrogen-bond donors (Lipinski definition) is 2. The second kappa shape index (κ2) is 4.34. The first-order valence-electron chi connectivity index (χ1n) is 6.39.